The van der Waals surface area contributed by atoms with Crippen LogP contribution in [-0.4, -0.2) is 104 Å². The van der Waals surface area contributed by atoms with Crippen molar-refractivity contribution in [2.45, 2.75) is 238 Å². The molecule has 0 radical (unpaired) electrons. The predicted molar refractivity (Wildman–Crippen MR) is 387 cm³/mol. The van der Waals surface area contributed by atoms with Crippen LogP contribution in [0.4, 0.5) is 0 Å². The summed E-state index contributed by atoms with van der Waals surface area (Å²) in [6, 6.07) is 28.8. The van der Waals surface area contributed by atoms with E-state index in [1.807, 2.05) is 37.2 Å². The molecule has 9 aliphatic carbocycles. The molecular formula is C88H101N5O4. The maximum atomic E-state index is 12.4. The summed E-state index contributed by atoms with van der Waals surface area (Å²) < 4.78 is 22.0. The molecule has 3 aromatic carbocycles. The molecule has 502 valence electrons. The third-order valence-corrected chi connectivity index (χ3v) is 30.5. The number of Topliss-reactive ketones (excluding diaryl/α,β-unsaturated/α-hetero) is 1. The van der Waals surface area contributed by atoms with Gasteiger partial charge in [0.2, 0.25) is 0 Å². The summed E-state index contributed by atoms with van der Waals surface area (Å²) >= 11 is 0. The summed E-state index contributed by atoms with van der Waals surface area (Å²) in [6.07, 6.45) is 54.3. The fourth-order valence-corrected chi connectivity index (χ4v) is 25.5. The first-order chi connectivity index (χ1) is 46.9. The number of ketones is 1. The number of fused-ring (bicyclic) bond motifs is 6. The average Bonchev–Trinajstić information content (AvgIpc) is 1.55. The largest absolute Gasteiger partial charge is 0.359 e. The lowest BCUT2D eigenvalue weighted by atomic mass is 9.58. The second-order valence-electron chi connectivity index (χ2n) is 35.0. The molecule has 0 N–H and O–H groups in total. The zero-order chi connectivity index (χ0) is 65.7. The highest BCUT2D eigenvalue weighted by Gasteiger charge is 2.70. The monoisotopic (exact) mass is 1290 g/mol. The molecule has 6 aliphatic heterocycles. The molecule has 21 rings (SSSR count). The van der Waals surface area contributed by atoms with Crippen molar-refractivity contribution in [1.29, 1.82) is 0 Å². The number of carbonyl (C=O) groups excluding carboxylic acids is 1. The van der Waals surface area contributed by atoms with Gasteiger partial charge in [-0.1, -0.05) is 93.6 Å². The second kappa shape index (κ2) is 21.9. The van der Waals surface area contributed by atoms with Gasteiger partial charge in [-0.05, 0) is 324 Å². The van der Waals surface area contributed by atoms with Crippen molar-refractivity contribution in [3.05, 3.63) is 197 Å². The number of allylic oxidation sites excluding steroid dienone is 3. The van der Waals surface area contributed by atoms with Crippen molar-refractivity contribution in [1.82, 2.24) is 24.8 Å². The molecule has 9 heterocycles. The number of ether oxygens (including phenoxy) is 3. The van der Waals surface area contributed by atoms with E-state index in [4.69, 9.17) is 14.2 Å². The molecular weight excluding hydrogens is 1190 g/mol. The SMILES string of the molecule is CN(C)[C@@H]1CCC2=CC3=CC[C@]4(C)C(c5ccc6ccncc6c5)CC[C@H]4C34CC[C@]2(C1)O4.CN(C)[C@H]1CCC2=CC3=CC[C@]4(C)C(c5ccc6ccncc6c5)CC[C@H]4C34CC[C@]2(C1)O4.C[C@]12CC=C3C=C4CCC(=O)C[C@]45CCC3(O5)[C@@H]1CCC2c1ccc2ccncc2c1. The van der Waals surface area contributed by atoms with Gasteiger partial charge >= 0.3 is 0 Å². The molecule has 6 aromatic rings. The Morgan fingerprint density at radius 3 is 1.14 bits per heavy atom. The Bertz CT molecular complexity index is 4290. The standard InChI is InChI=1S/2C30H36N2O.C28H29NO2/c2*1-28-12-10-24-17-23-6-7-25(32(2)3)18-29(23)13-14-30(24,33-29)27(28)9-8-26(28)21-5-4-20-11-15-31-19-22(20)16-21;1-26-10-8-22-15-21-4-5-23(30)16-27(21)11-12-28(22,31-27)25(26)7-6-24(26)19-3-2-18-9-13-29-17-20(18)14-19/h2*4-5,10-11,15-17,19,25-27H,6-9,12-14,18H2,1-3H3;2-3,8-9,13-15,17,24-25H,4-7,10-12,16H2,1H3/t25-,26?,27+,28+,29+,30?;25-,26?,27-,28-,29-,30?;24?,25-,26-,27-,28?/m011/s1. The summed E-state index contributed by atoms with van der Waals surface area (Å²) in [5.41, 5.74) is 13.6. The van der Waals surface area contributed by atoms with Crippen LogP contribution in [0, 0.1) is 34.0 Å². The minimum Gasteiger partial charge on any atom is -0.359 e. The maximum absolute atomic E-state index is 12.4. The highest BCUT2D eigenvalue weighted by molar-refractivity contribution is 5.85. The third kappa shape index (κ3) is 8.97. The van der Waals surface area contributed by atoms with E-state index in [2.05, 4.69) is 183 Å². The van der Waals surface area contributed by atoms with Gasteiger partial charge in [-0.2, -0.15) is 0 Å². The van der Waals surface area contributed by atoms with Crippen LogP contribution >= 0.6 is 0 Å². The fourth-order valence-electron chi connectivity index (χ4n) is 25.5. The zero-order valence-corrected chi connectivity index (χ0v) is 58.8. The third-order valence-electron chi connectivity index (χ3n) is 30.5. The zero-order valence-electron chi connectivity index (χ0n) is 58.8. The van der Waals surface area contributed by atoms with Crippen molar-refractivity contribution < 1.29 is 19.0 Å². The summed E-state index contributed by atoms with van der Waals surface area (Å²) in [5.74, 6) is 3.83. The van der Waals surface area contributed by atoms with Gasteiger partial charge in [0.15, 0.2) is 0 Å². The summed E-state index contributed by atoms with van der Waals surface area (Å²) in [7, 11) is 8.97. The number of benzene rings is 3. The van der Waals surface area contributed by atoms with E-state index in [1.165, 1.54) is 187 Å². The highest BCUT2D eigenvalue weighted by atomic mass is 16.5. The van der Waals surface area contributed by atoms with Gasteiger partial charge in [0.05, 0.1) is 33.6 Å². The van der Waals surface area contributed by atoms with Crippen molar-refractivity contribution in [2.75, 3.05) is 28.2 Å². The molecule has 3 aromatic heterocycles. The lowest BCUT2D eigenvalue weighted by Crippen LogP contribution is -2.55. The van der Waals surface area contributed by atoms with Crippen LogP contribution in [0.25, 0.3) is 32.3 Å². The second-order valence-corrected chi connectivity index (χ2v) is 35.0. The number of hydrogen-bond acceptors (Lipinski definition) is 9. The fraction of sp³-hybridized carbons (Fsp3) is 0.545. The van der Waals surface area contributed by atoms with Crippen LogP contribution in [0.5, 0.6) is 0 Å². The van der Waals surface area contributed by atoms with Crippen LogP contribution in [0.2, 0.25) is 0 Å². The lowest BCUT2D eigenvalue weighted by molar-refractivity contribution is -0.146. The van der Waals surface area contributed by atoms with E-state index in [0.717, 1.165) is 25.7 Å². The predicted octanol–water partition coefficient (Wildman–Crippen LogP) is 18.9. The first-order valence-electron chi connectivity index (χ1n) is 38.1. The van der Waals surface area contributed by atoms with Gasteiger partial charge in [0, 0.05) is 78.3 Å². The molecule has 9 fully saturated rings. The van der Waals surface area contributed by atoms with Crippen LogP contribution in [0.15, 0.2) is 180 Å². The van der Waals surface area contributed by atoms with Crippen molar-refractivity contribution in [3.8, 4) is 0 Å². The quantitative estimate of drug-likeness (QED) is 0.167. The summed E-state index contributed by atoms with van der Waals surface area (Å²) in [6.45, 7) is 7.65. The van der Waals surface area contributed by atoms with E-state index in [1.54, 1.807) is 11.1 Å². The van der Waals surface area contributed by atoms with E-state index in [-0.39, 0.29) is 49.9 Å². The molecule has 15 aliphatic rings. The van der Waals surface area contributed by atoms with Crippen LogP contribution in [0.1, 0.15) is 209 Å². The topological polar surface area (TPSA) is 89.9 Å². The minimum atomic E-state index is -0.294. The highest BCUT2D eigenvalue weighted by Crippen LogP contribution is 2.73. The van der Waals surface area contributed by atoms with Gasteiger partial charge < -0.3 is 24.0 Å². The lowest BCUT2D eigenvalue weighted by Gasteiger charge is -2.54. The number of rotatable bonds is 5. The van der Waals surface area contributed by atoms with Crippen LogP contribution in [0.3, 0.4) is 0 Å². The Labute approximate surface area is 575 Å². The number of aromatic nitrogens is 3. The Kier molecular flexibility index (Phi) is 14.0. The van der Waals surface area contributed by atoms with Gasteiger partial charge in [0.25, 0.3) is 0 Å². The summed E-state index contributed by atoms with van der Waals surface area (Å²) in [5, 5.41) is 7.61. The Hall–Kier alpha value is -6.20. The van der Waals surface area contributed by atoms with Crippen molar-refractivity contribution in [2.24, 2.45) is 34.0 Å². The van der Waals surface area contributed by atoms with Crippen LogP contribution in [-0.2, 0) is 19.0 Å². The average molecular weight is 1290 g/mol. The van der Waals surface area contributed by atoms with E-state index >= 15 is 0 Å². The molecule has 6 bridgehead atoms. The molecule has 17 atom stereocenters. The van der Waals surface area contributed by atoms with Gasteiger partial charge in [-0.3, -0.25) is 19.7 Å². The Morgan fingerprint density at radius 2 is 0.763 bits per heavy atom. The summed E-state index contributed by atoms with van der Waals surface area (Å²) in [4.78, 5) is 30.3. The van der Waals surface area contributed by atoms with Crippen LogP contribution < -0.4 is 0 Å². The number of pyridine rings is 3. The normalized spacial score (nSPS) is 41.2. The first-order valence-corrected chi connectivity index (χ1v) is 38.1. The number of hydrogen-bond donors (Lipinski definition) is 0. The number of nitrogens with zero attached hydrogens (tertiary/aromatic N) is 5. The molecule has 9 nitrogen and oxygen atoms in total. The van der Waals surface area contributed by atoms with E-state index < -0.39 is 0 Å². The Balaban J connectivity index is 0.000000102. The van der Waals surface area contributed by atoms with Crippen molar-refractivity contribution in [3.63, 3.8) is 0 Å². The maximum Gasteiger partial charge on any atom is 0.136 e. The minimum absolute atomic E-state index is 0.00448. The molecule has 6 spiro atoms. The van der Waals surface area contributed by atoms with Gasteiger partial charge in [-0.15, -0.1) is 0 Å². The molecule has 6 saturated carbocycles. The van der Waals surface area contributed by atoms with Gasteiger partial charge in [0.1, 0.15) is 5.78 Å². The molecule has 6 unspecified atom stereocenters. The van der Waals surface area contributed by atoms with E-state index in [0.29, 0.717) is 66.2 Å². The molecule has 97 heavy (non-hydrogen) atoms. The smallest absolute Gasteiger partial charge is 0.136 e. The molecule has 9 heteroatoms. The number of carbonyl (C=O) groups is 1. The van der Waals surface area contributed by atoms with Gasteiger partial charge in [-0.25, -0.2) is 0 Å². The van der Waals surface area contributed by atoms with E-state index in [9.17, 15) is 4.79 Å². The van der Waals surface area contributed by atoms with Crippen molar-refractivity contribution >= 4 is 38.1 Å². The first kappa shape index (κ1) is 61.9. The Morgan fingerprint density at radius 1 is 0.402 bits per heavy atom. The molecule has 3 saturated heterocycles. The molecule has 0 amide bonds.